The normalized spacial score (nSPS) is 11.9. The van der Waals surface area contributed by atoms with E-state index in [1.165, 1.54) is 12.1 Å². The van der Waals surface area contributed by atoms with Crippen LogP contribution in [0.3, 0.4) is 0 Å². The molecule has 36 heavy (non-hydrogen) atoms. The number of amides is 1. The molecule has 0 aliphatic heterocycles. The monoisotopic (exact) mass is 525 g/mol. The van der Waals surface area contributed by atoms with E-state index in [-0.39, 0.29) is 22.0 Å². The van der Waals surface area contributed by atoms with Gasteiger partial charge in [-0.15, -0.1) is 0 Å². The lowest BCUT2D eigenvalue weighted by Crippen LogP contribution is -2.34. The molecule has 3 N–H and O–H groups in total. The first-order valence-corrected chi connectivity index (χ1v) is 13.6. The van der Waals surface area contributed by atoms with Gasteiger partial charge in [-0.3, -0.25) is 14.8 Å². The highest BCUT2D eigenvalue weighted by Crippen LogP contribution is 2.24. The Labute approximate surface area is 218 Å². The molecule has 7 nitrogen and oxygen atoms in total. The zero-order valence-corrected chi connectivity index (χ0v) is 22.4. The first-order chi connectivity index (χ1) is 17.1. The summed E-state index contributed by atoms with van der Waals surface area (Å²) >= 11 is 5.25. The van der Waals surface area contributed by atoms with Crippen molar-refractivity contribution in [2.24, 2.45) is 0 Å². The van der Waals surface area contributed by atoms with E-state index < -0.39 is 10.0 Å². The van der Waals surface area contributed by atoms with Crippen molar-refractivity contribution in [2.75, 3.05) is 10.0 Å². The predicted octanol–water partition coefficient (Wildman–Crippen LogP) is 5.80. The summed E-state index contributed by atoms with van der Waals surface area (Å²) in [5, 5.41) is 5.62. The summed E-state index contributed by atoms with van der Waals surface area (Å²) in [4.78, 5) is 12.6. The average molecular weight is 526 g/mol. The van der Waals surface area contributed by atoms with E-state index in [1.54, 1.807) is 36.4 Å². The number of carbonyl (C=O) groups is 1. The smallest absolute Gasteiger partial charge is 0.261 e. The van der Waals surface area contributed by atoms with Gasteiger partial charge >= 0.3 is 0 Å². The molecular weight excluding hydrogens is 494 g/mol. The number of ether oxygens (including phenoxy) is 1. The Morgan fingerprint density at radius 3 is 2.17 bits per heavy atom. The molecule has 0 fully saturated rings. The van der Waals surface area contributed by atoms with Crippen LogP contribution in [0, 0.1) is 13.8 Å². The number of hydrogen-bond acceptors (Lipinski definition) is 5. The lowest BCUT2D eigenvalue weighted by atomic mass is 10.1. The van der Waals surface area contributed by atoms with Crippen LogP contribution >= 0.6 is 12.2 Å². The van der Waals surface area contributed by atoms with Gasteiger partial charge in [0.15, 0.2) is 5.11 Å². The lowest BCUT2D eigenvalue weighted by Gasteiger charge is -2.14. The number of rotatable bonds is 9. The van der Waals surface area contributed by atoms with Crippen LogP contribution in [0.1, 0.15) is 48.2 Å². The van der Waals surface area contributed by atoms with E-state index >= 15 is 0 Å². The number of hydrogen-bond donors (Lipinski definition) is 3. The van der Waals surface area contributed by atoms with Crippen molar-refractivity contribution >= 4 is 44.6 Å². The Bertz CT molecular complexity index is 1300. The number of aryl methyl sites for hydroxylation is 2. The van der Waals surface area contributed by atoms with E-state index in [2.05, 4.69) is 22.3 Å². The van der Waals surface area contributed by atoms with E-state index in [0.717, 1.165) is 24.0 Å². The van der Waals surface area contributed by atoms with Crippen LogP contribution in [0.15, 0.2) is 71.6 Å². The predicted molar refractivity (Wildman–Crippen MR) is 148 cm³/mol. The molecule has 3 aromatic carbocycles. The fourth-order valence-corrected chi connectivity index (χ4v) is 5.02. The highest BCUT2D eigenvalue weighted by atomic mass is 32.2. The molecule has 0 aliphatic rings. The Morgan fingerprint density at radius 2 is 1.58 bits per heavy atom. The largest absolute Gasteiger partial charge is 0.491 e. The van der Waals surface area contributed by atoms with Crippen LogP contribution in [0.4, 0.5) is 11.4 Å². The second kappa shape index (κ2) is 12.0. The Kier molecular flexibility index (Phi) is 9.06. The molecule has 0 radical (unpaired) electrons. The van der Waals surface area contributed by atoms with Crippen molar-refractivity contribution < 1.29 is 17.9 Å². The minimum Gasteiger partial charge on any atom is -0.491 e. The summed E-state index contributed by atoms with van der Waals surface area (Å²) < 4.78 is 34.1. The van der Waals surface area contributed by atoms with Gasteiger partial charge in [0.2, 0.25) is 0 Å². The van der Waals surface area contributed by atoms with E-state index in [9.17, 15) is 13.2 Å². The molecule has 0 aliphatic carbocycles. The number of carbonyl (C=O) groups excluding carboxylic acids is 1. The fourth-order valence-electron chi connectivity index (χ4n) is 3.61. The molecule has 0 saturated carbocycles. The molecule has 9 heteroatoms. The number of sulfonamides is 1. The topological polar surface area (TPSA) is 96.5 Å². The summed E-state index contributed by atoms with van der Waals surface area (Å²) in [5.41, 5.74) is 3.23. The van der Waals surface area contributed by atoms with Crippen LogP contribution in [-0.4, -0.2) is 25.5 Å². The van der Waals surface area contributed by atoms with Gasteiger partial charge in [0, 0.05) is 11.3 Å². The third kappa shape index (κ3) is 7.29. The van der Waals surface area contributed by atoms with Gasteiger partial charge in [0.05, 0.1) is 16.7 Å². The quantitative estimate of drug-likeness (QED) is 0.306. The summed E-state index contributed by atoms with van der Waals surface area (Å²) in [6, 6.07) is 18.6. The summed E-state index contributed by atoms with van der Waals surface area (Å²) in [7, 11) is -3.76. The number of benzene rings is 3. The van der Waals surface area contributed by atoms with Crippen LogP contribution in [0.5, 0.6) is 5.75 Å². The Hall–Kier alpha value is -3.43. The molecule has 0 heterocycles. The molecule has 1 unspecified atom stereocenters. The highest BCUT2D eigenvalue weighted by molar-refractivity contribution is 7.92. The number of nitrogens with one attached hydrogen (secondary N) is 3. The standard InChI is InChI=1S/C27H31N3O4S2/c1-5-7-20(4)34-23-14-10-21(11-15-23)26(31)29-27(35)28-22-12-16-24(17-13-22)36(32,33)30-25-18(2)8-6-9-19(25)3/h6,8-17,20,30H,5,7H2,1-4H3,(H2,28,29,31,35). The first kappa shape index (κ1) is 27.2. The van der Waals surface area contributed by atoms with Crippen molar-refractivity contribution in [3.63, 3.8) is 0 Å². The van der Waals surface area contributed by atoms with E-state index in [1.807, 2.05) is 39.0 Å². The second-order valence-corrected chi connectivity index (χ2v) is 10.6. The summed E-state index contributed by atoms with van der Waals surface area (Å²) in [6.45, 7) is 7.82. The molecule has 3 aromatic rings. The molecule has 1 atom stereocenters. The Balaban J connectivity index is 1.58. The van der Waals surface area contributed by atoms with Crippen LogP contribution in [0.2, 0.25) is 0 Å². The maximum atomic E-state index is 12.8. The minimum absolute atomic E-state index is 0.0983. The molecule has 3 rings (SSSR count). The van der Waals surface area contributed by atoms with Gasteiger partial charge in [-0.2, -0.15) is 0 Å². The zero-order chi connectivity index (χ0) is 26.3. The van der Waals surface area contributed by atoms with Crippen molar-refractivity contribution in [3.05, 3.63) is 83.4 Å². The Morgan fingerprint density at radius 1 is 0.972 bits per heavy atom. The molecular formula is C27H31N3O4S2. The molecule has 1 amide bonds. The fraction of sp³-hybridized carbons (Fsp3) is 0.259. The van der Waals surface area contributed by atoms with Crippen LogP contribution in [-0.2, 0) is 10.0 Å². The maximum absolute atomic E-state index is 12.8. The van der Waals surface area contributed by atoms with E-state index in [4.69, 9.17) is 17.0 Å². The van der Waals surface area contributed by atoms with Crippen molar-refractivity contribution in [2.45, 2.75) is 51.5 Å². The number of thiocarbonyl (C=S) groups is 1. The highest BCUT2D eigenvalue weighted by Gasteiger charge is 2.17. The van der Waals surface area contributed by atoms with Gasteiger partial charge in [-0.05, 0) is 99.1 Å². The van der Waals surface area contributed by atoms with Crippen molar-refractivity contribution in [3.8, 4) is 5.75 Å². The lowest BCUT2D eigenvalue weighted by molar-refractivity contribution is 0.0977. The van der Waals surface area contributed by atoms with Crippen molar-refractivity contribution in [1.82, 2.24) is 5.32 Å². The van der Waals surface area contributed by atoms with Crippen LogP contribution in [0.25, 0.3) is 0 Å². The van der Waals surface area contributed by atoms with Crippen LogP contribution < -0.4 is 20.1 Å². The van der Waals surface area contributed by atoms with Gasteiger partial charge in [-0.1, -0.05) is 31.5 Å². The molecule has 0 spiro atoms. The van der Waals surface area contributed by atoms with E-state index in [0.29, 0.717) is 22.7 Å². The number of para-hydroxylation sites is 1. The minimum atomic E-state index is -3.76. The average Bonchev–Trinajstić information content (AvgIpc) is 2.82. The first-order valence-electron chi connectivity index (χ1n) is 11.7. The molecule has 0 bridgehead atoms. The zero-order valence-electron chi connectivity index (χ0n) is 20.8. The van der Waals surface area contributed by atoms with Gasteiger partial charge in [0.25, 0.3) is 15.9 Å². The third-order valence-electron chi connectivity index (χ3n) is 5.52. The van der Waals surface area contributed by atoms with Crippen molar-refractivity contribution in [1.29, 1.82) is 0 Å². The second-order valence-electron chi connectivity index (χ2n) is 8.55. The molecule has 0 saturated heterocycles. The van der Waals surface area contributed by atoms with Gasteiger partial charge < -0.3 is 10.1 Å². The summed E-state index contributed by atoms with van der Waals surface area (Å²) in [5.74, 6) is 0.341. The number of anilines is 2. The molecule has 190 valence electrons. The van der Waals surface area contributed by atoms with Gasteiger partial charge in [0.1, 0.15) is 5.75 Å². The van der Waals surface area contributed by atoms with Gasteiger partial charge in [-0.25, -0.2) is 8.42 Å². The molecule has 0 aromatic heterocycles. The SMILES string of the molecule is CCCC(C)Oc1ccc(C(=O)NC(=S)Nc2ccc(S(=O)(=O)Nc3c(C)cccc3C)cc2)cc1. The maximum Gasteiger partial charge on any atom is 0.261 e. The third-order valence-corrected chi connectivity index (χ3v) is 7.09. The summed E-state index contributed by atoms with van der Waals surface area (Å²) in [6.07, 6.45) is 2.10.